The van der Waals surface area contributed by atoms with Gasteiger partial charge < -0.3 is 8.82 Å². The molecule has 0 aliphatic heterocycles. The van der Waals surface area contributed by atoms with E-state index in [4.69, 9.17) is 14.4 Å². The summed E-state index contributed by atoms with van der Waals surface area (Å²) in [4.78, 5) is 11.0. The van der Waals surface area contributed by atoms with Gasteiger partial charge in [0, 0.05) is 48.5 Å². The molecule has 0 radical (unpaired) electrons. The average Bonchev–Trinajstić information content (AvgIpc) is 4.04. The summed E-state index contributed by atoms with van der Waals surface area (Å²) in [7, 11) is 0. The molecule has 0 unspecified atom stereocenters. The quantitative estimate of drug-likeness (QED) is 0.179. The van der Waals surface area contributed by atoms with E-state index in [2.05, 4.69) is 165 Å². The van der Waals surface area contributed by atoms with Crippen LogP contribution >= 0.6 is 0 Å². The molecule has 0 saturated carbocycles. The molecule has 0 fully saturated rings. The van der Waals surface area contributed by atoms with Crippen LogP contribution in [0.5, 0.6) is 0 Å². The maximum atomic E-state index is 6.71. The van der Waals surface area contributed by atoms with Crippen LogP contribution in [0.15, 0.2) is 168 Å². The van der Waals surface area contributed by atoms with E-state index in [1.165, 1.54) is 54.3 Å². The smallest absolute Gasteiger partial charge is 0.237 e. The summed E-state index contributed by atoms with van der Waals surface area (Å²) in [5, 5.41) is 13.0. The van der Waals surface area contributed by atoms with Crippen molar-refractivity contribution in [3.63, 3.8) is 0 Å². The van der Waals surface area contributed by atoms with E-state index in [9.17, 15) is 0 Å². The van der Waals surface area contributed by atoms with Crippen molar-refractivity contribution in [1.82, 2.24) is 23.5 Å². The molecule has 0 saturated heterocycles. The Labute approximate surface area is 317 Å². The second kappa shape index (κ2) is 10.1. The molecule has 6 aromatic heterocycles. The Kier molecular flexibility index (Phi) is 5.18. The standard InChI is InChI=1S/C50H27N5O/c1-2-14-29-26-41-36(25-28(29)13-1)45-44-33-18-6-11-23-40(33)55(42(44)27-35-32-17-5-8-20-37(32)53(41)47(35)45)50-51-46-34-19-7-12-24-43(34)56-48(46)49(52-50)54-38-21-9-3-15-30(38)31-16-4-10-22-39(31)54/h1-27H. The number of para-hydroxylation sites is 5. The zero-order chi connectivity index (χ0) is 36.2. The molecule has 258 valence electrons. The van der Waals surface area contributed by atoms with Crippen LogP contribution in [-0.4, -0.2) is 23.5 Å². The van der Waals surface area contributed by atoms with Crippen LogP contribution in [-0.2, 0) is 0 Å². The third kappa shape index (κ3) is 3.44. The zero-order valence-electron chi connectivity index (χ0n) is 29.7. The van der Waals surface area contributed by atoms with Gasteiger partial charge in [0.2, 0.25) is 5.95 Å². The van der Waals surface area contributed by atoms with Crippen molar-refractivity contribution in [2.75, 3.05) is 0 Å². The summed E-state index contributed by atoms with van der Waals surface area (Å²) in [5.41, 5.74) is 10.1. The molecule has 6 nitrogen and oxygen atoms in total. The molecule has 0 aliphatic carbocycles. The van der Waals surface area contributed by atoms with E-state index < -0.39 is 0 Å². The van der Waals surface area contributed by atoms with Crippen LogP contribution < -0.4 is 0 Å². The number of aromatic nitrogens is 5. The first-order chi connectivity index (χ1) is 27.8. The number of furan rings is 1. The van der Waals surface area contributed by atoms with E-state index in [1.807, 2.05) is 12.1 Å². The number of nitrogens with zero attached hydrogens (tertiary/aromatic N) is 5. The van der Waals surface area contributed by atoms with E-state index >= 15 is 0 Å². The Morgan fingerprint density at radius 2 is 0.964 bits per heavy atom. The summed E-state index contributed by atoms with van der Waals surface area (Å²) in [6.07, 6.45) is 0. The Morgan fingerprint density at radius 1 is 0.393 bits per heavy atom. The summed E-state index contributed by atoms with van der Waals surface area (Å²) in [6, 6.07) is 58.6. The van der Waals surface area contributed by atoms with Gasteiger partial charge in [-0.15, -0.1) is 0 Å². The highest BCUT2D eigenvalue weighted by Crippen LogP contribution is 2.47. The summed E-state index contributed by atoms with van der Waals surface area (Å²) in [6.45, 7) is 0. The third-order valence-electron chi connectivity index (χ3n) is 12.1. The number of hydrogen-bond acceptors (Lipinski definition) is 3. The lowest BCUT2D eigenvalue weighted by atomic mass is 10.0. The van der Waals surface area contributed by atoms with Crippen molar-refractivity contribution in [2.45, 2.75) is 0 Å². The molecular formula is C50H27N5O. The maximum absolute atomic E-state index is 6.71. The molecule has 0 aliphatic rings. The molecule has 6 heteroatoms. The Morgan fingerprint density at radius 3 is 1.70 bits per heavy atom. The minimum atomic E-state index is 0.596. The number of hydrogen-bond donors (Lipinski definition) is 0. The first-order valence-electron chi connectivity index (χ1n) is 19.0. The van der Waals surface area contributed by atoms with Gasteiger partial charge in [-0.25, -0.2) is 4.98 Å². The molecule has 56 heavy (non-hydrogen) atoms. The highest BCUT2D eigenvalue weighted by Gasteiger charge is 2.27. The zero-order valence-corrected chi connectivity index (χ0v) is 29.7. The van der Waals surface area contributed by atoms with Gasteiger partial charge in [-0.05, 0) is 65.4 Å². The number of rotatable bonds is 2. The molecule has 8 aromatic carbocycles. The molecule has 0 amide bonds. The first kappa shape index (κ1) is 28.8. The predicted molar refractivity (Wildman–Crippen MR) is 230 cm³/mol. The molecule has 0 spiro atoms. The summed E-state index contributed by atoms with van der Waals surface area (Å²) < 4.78 is 13.7. The van der Waals surface area contributed by atoms with Gasteiger partial charge in [0.05, 0.1) is 38.6 Å². The van der Waals surface area contributed by atoms with E-state index in [-0.39, 0.29) is 0 Å². The second-order valence-electron chi connectivity index (χ2n) is 15.0. The monoisotopic (exact) mass is 713 g/mol. The largest absolute Gasteiger partial charge is 0.450 e. The van der Waals surface area contributed by atoms with Crippen molar-refractivity contribution in [2.24, 2.45) is 0 Å². The van der Waals surface area contributed by atoms with Gasteiger partial charge in [-0.3, -0.25) is 9.13 Å². The van der Waals surface area contributed by atoms with Crippen LogP contribution in [0.25, 0.3) is 126 Å². The normalized spacial score (nSPS) is 12.6. The Bertz CT molecular complexity index is 3960. The highest BCUT2D eigenvalue weighted by molar-refractivity contribution is 6.36. The molecule has 0 N–H and O–H groups in total. The molecular weight excluding hydrogens is 687 g/mol. The van der Waals surface area contributed by atoms with Crippen molar-refractivity contribution in [3.05, 3.63) is 164 Å². The molecule has 0 bridgehead atoms. The lowest BCUT2D eigenvalue weighted by Gasteiger charge is -2.12. The minimum absolute atomic E-state index is 0.596. The van der Waals surface area contributed by atoms with E-state index in [0.29, 0.717) is 17.3 Å². The van der Waals surface area contributed by atoms with Crippen molar-refractivity contribution < 1.29 is 4.42 Å². The van der Waals surface area contributed by atoms with Crippen LogP contribution in [0.2, 0.25) is 0 Å². The fraction of sp³-hybridized carbons (Fsp3) is 0. The van der Waals surface area contributed by atoms with Gasteiger partial charge in [-0.1, -0.05) is 109 Å². The molecule has 0 atom stereocenters. The van der Waals surface area contributed by atoms with Crippen LogP contribution in [0, 0.1) is 0 Å². The van der Waals surface area contributed by atoms with Crippen molar-refractivity contribution >= 4 is 115 Å². The van der Waals surface area contributed by atoms with Gasteiger partial charge in [0.1, 0.15) is 11.1 Å². The van der Waals surface area contributed by atoms with Gasteiger partial charge >= 0.3 is 0 Å². The summed E-state index contributed by atoms with van der Waals surface area (Å²) in [5.74, 6) is 1.31. The van der Waals surface area contributed by atoms with Gasteiger partial charge in [0.25, 0.3) is 0 Å². The summed E-state index contributed by atoms with van der Waals surface area (Å²) >= 11 is 0. The fourth-order valence-electron chi connectivity index (χ4n) is 9.88. The highest BCUT2D eigenvalue weighted by atomic mass is 16.3. The fourth-order valence-corrected chi connectivity index (χ4v) is 9.88. The maximum Gasteiger partial charge on any atom is 0.237 e. The molecule has 14 aromatic rings. The van der Waals surface area contributed by atoms with Crippen molar-refractivity contribution in [1.29, 1.82) is 0 Å². The van der Waals surface area contributed by atoms with Crippen LogP contribution in [0.4, 0.5) is 0 Å². The average molecular weight is 714 g/mol. The number of benzene rings is 8. The number of fused-ring (bicyclic) bond motifs is 17. The molecule has 6 heterocycles. The third-order valence-corrected chi connectivity index (χ3v) is 12.1. The van der Waals surface area contributed by atoms with Crippen LogP contribution in [0.3, 0.4) is 0 Å². The molecule has 14 rings (SSSR count). The van der Waals surface area contributed by atoms with E-state index in [1.54, 1.807) is 0 Å². The Balaban J connectivity index is 1.21. The Hall–Kier alpha value is -7.70. The first-order valence-corrected chi connectivity index (χ1v) is 19.0. The topological polar surface area (TPSA) is 53.2 Å². The van der Waals surface area contributed by atoms with Crippen LogP contribution in [0.1, 0.15) is 0 Å². The van der Waals surface area contributed by atoms with Gasteiger partial charge in [0.15, 0.2) is 11.4 Å². The SMILES string of the molecule is c1ccc2cc3c(cc2c1)c1c2c4ccccc4n(-c4nc(-n5c6ccccc6c6ccccc65)c5oc6ccccc6c5n4)c2cc2c4ccccc4n3c21. The lowest BCUT2D eigenvalue weighted by molar-refractivity contribution is 0.661. The van der Waals surface area contributed by atoms with E-state index in [0.717, 1.165) is 54.7 Å². The second-order valence-corrected chi connectivity index (χ2v) is 15.0. The van der Waals surface area contributed by atoms with Crippen molar-refractivity contribution in [3.8, 4) is 11.8 Å². The lowest BCUT2D eigenvalue weighted by Crippen LogP contribution is -2.06. The van der Waals surface area contributed by atoms with Gasteiger partial charge in [-0.2, -0.15) is 4.98 Å². The minimum Gasteiger partial charge on any atom is -0.450 e. The predicted octanol–water partition coefficient (Wildman–Crippen LogP) is 12.9.